The average Bonchev–Trinajstić information content (AvgIpc) is 2.27. The highest BCUT2D eigenvalue weighted by Gasteiger charge is 2.11. The molecule has 0 aliphatic carbocycles. The van der Waals surface area contributed by atoms with Crippen LogP contribution in [0.15, 0.2) is 24.3 Å². The summed E-state index contributed by atoms with van der Waals surface area (Å²) in [6.07, 6.45) is 0.940. The van der Waals surface area contributed by atoms with E-state index in [4.69, 9.17) is 4.74 Å². The van der Waals surface area contributed by atoms with E-state index < -0.39 is 15.0 Å². The predicted octanol–water partition coefficient (Wildman–Crippen LogP) is 1.09. The number of nitrogens with zero attached hydrogens (tertiary/aromatic N) is 1. The minimum Gasteiger partial charge on any atom is -0.374 e. The molecule has 0 saturated carbocycles. The van der Waals surface area contributed by atoms with E-state index >= 15 is 0 Å². The Morgan fingerprint density at radius 1 is 1.28 bits per heavy atom. The summed E-state index contributed by atoms with van der Waals surface area (Å²) in [6.45, 7) is -0.0388. The predicted molar refractivity (Wildman–Crippen MR) is 63.5 cm³/mol. The van der Waals surface area contributed by atoms with Crippen LogP contribution >= 0.6 is 0 Å². The van der Waals surface area contributed by atoms with Crippen molar-refractivity contribution in [3.05, 3.63) is 39.9 Å². The molecule has 0 aromatic heterocycles. The van der Waals surface area contributed by atoms with Crippen molar-refractivity contribution in [1.82, 2.24) is 0 Å². The number of nitro groups is 1. The van der Waals surface area contributed by atoms with Crippen molar-refractivity contribution in [2.75, 3.05) is 19.5 Å². The molecule has 1 aromatic rings. The second-order valence-corrected chi connectivity index (χ2v) is 5.11. The van der Waals surface area contributed by atoms with Crippen molar-refractivity contribution in [2.45, 2.75) is 6.61 Å². The largest absolute Gasteiger partial charge is 0.374 e. The highest BCUT2D eigenvalue weighted by atomic mass is 32.2. The van der Waals surface area contributed by atoms with E-state index in [1.165, 1.54) is 6.07 Å². The summed E-state index contributed by atoms with van der Waals surface area (Å²) in [5.74, 6) is 0. The third kappa shape index (κ3) is 5.21. The Balaban J connectivity index is 2.42. The van der Waals surface area contributed by atoms with Crippen LogP contribution in [0.5, 0.6) is 0 Å². The van der Waals surface area contributed by atoms with Crippen LogP contribution in [0.1, 0.15) is 5.56 Å². The van der Waals surface area contributed by atoms with E-state index in [0.29, 0.717) is 5.56 Å². The van der Waals surface area contributed by atoms with Gasteiger partial charge in [0.15, 0.2) is 0 Å². The molecule has 8 heteroatoms. The molecular formula is C10H13NO6S. The van der Waals surface area contributed by atoms with Gasteiger partial charge < -0.3 is 4.74 Å². The Morgan fingerprint density at radius 3 is 2.56 bits per heavy atom. The van der Waals surface area contributed by atoms with Crippen LogP contribution in [0.2, 0.25) is 0 Å². The summed E-state index contributed by atoms with van der Waals surface area (Å²) in [7, 11) is -3.48. The van der Waals surface area contributed by atoms with Crippen molar-refractivity contribution in [1.29, 1.82) is 0 Å². The minimum atomic E-state index is -3.48. The van der Waals surface area contributed by atoms with Crippen molar-refractivity contribution in [3.63, 3.8) is 0 Å². The Labute approximate surface area is 105 Å². The molecule has 0 amide bonds. The highest BCUT2D eigenvalue weighted by Crippen LogP contribution is 2.18. The molecule has 0 unspecified atom stereocenters. The van der Waals surface area contributed by atoms with Crippen LogP contribution in [-0.4, -0.2) is 32.8 Å². The number of benzene rings is 1. The van der Waals surface area contributed by atoms with Crippen LogP contribution < -0.4 is 0 Å². The maximum Gasteiger partial charge on any atom is 0.274 e. The summed E-state index contributed by atoms with van der Waals surface area (Å²) < 4.78 is 30.9. The summed E-state index contributed by atoms with van der Waals surface area (Å²) in [5, 5.41) is 10.7. The zero-order valence-corrected chi connectivity index (χ0v) is 10.6. The molecule has 0 saturated heterocycles. The SMILES string of the molecule is CS(=O)(=O)OCCOCc1ccccc1[N+](=O)[O-]. The van der Waals surface area contributed by atoms with Gasteiger partial charge in [0.05, 0.1) is 36.6 Å². The van der Waals surface area contributed by atoms with Crippen LogP contribution in [-0.2, 0) is 25.6 Å². The average molecular weight is 275 g/mol. The molecule has 0 radical (unpaired) electrons. The zero-order valence-electron chi connectivity index (χ0n) is 9.74. The van der Waals surface area contributed by atoms with Gasteiger partial charge in [0, 0.05) is 6.07 Å². The smallest absolute Gasteiger partial charge is 0.274 e. The Bertz CT molecular complexity index is 513. The molecule has 0 bridgehead atoms. The van der Waals surface area contributed by atoms with E-state index in [1.54, 1.807) is 18.2 Å². The molecule has 1 aromatic carbocycles. The lowest BCUT2D eigenvalue weighted by atomic mass is 10.2. The van der Waals surface area contributed by atoms with Gasteiger partial charge in [-0.3, -0.25) is 14.3 Å². The fourth-order valence-electron chi connectivity index (χ4n) is 1.24. The van der Waals surface area contributed by atoms with Gasteiger partial charge in [-0.05, 0) is 6.07 Å². The molecule has 0 aliphatic rings. The number of hydrogen-bond donors (Lipinski definition) is 0. The van der Waals surface area contributed by atoms with E-state index in [0.717, 1.165) is 6.26 Å². The van der Waals surface area contributed by atoms with Gasteiger partial charge in [0.25, 0.3) is 15.8 Å². The summed E-state index contributed by atoms with van der Waals surface area (Å²) in [5.41, 5.74) is 0.406. The van der Waals surface area contributed by atoms with E-state index in [9.17, 15) is 18.5 Å². The molecule has 7 nitrogen and oxygen atoms in total. The molecule has 0 spiro atoms. The maximum absolute atomic E-state index is 10.7. The van der Waals surface area contributed by atoms with E-state index in [2.05, 4.69) is 4.18 Å². The van der Waals surface area contributed by atoms with Crippen LogP contribution in [0.25, 0.3) is 0 Å². The third-order valence-electron chi connectivity index (χ3n) is 1.97. The monoisotopic (exact) mass is 275 g/mol. The summed E-state index contributed by atoms with van der Waals surface area (Å²) >= 11 is 0. The molecule has 0 N–H and O–H groups in total. The van der Waals surface area contributed by atoms with Crippen molar-refractivity contribution >= 4 is 15.8 Å². The molecule has 0 aliphatic heterocycles. The first-order valence-electron chi connectivity index (χ1n) is 5.04. The second-order valence-electron chi connectivity index (χ2n) is 3.46. The van der Waals surface area contributed by atoms with Crippen LogP contribution in [0.3, 0.4) is 0 Å². The standard InChI is InChI=1S/C10H13NO6S/c1-18(14,15)17-7-6-16-8-9-4-2-3-5-10(9)11(12)13/h2-5H,6-8H2,1H3. The first kappa shape index (κ1) is 14.6. The highest BCUT2D eigenvalue weighted by molar-refractivity contribution is 7.85. The van der Waals surface area contributed by atoms with Crippen LogP contribution in [0, 0.1) is 10.1 Å². The molecular weight excluding hydrogens is 262 g/mol. The van der Waals surface area contributed by atoms with Gasteiger partial charge in [0.2, 0.25) is 0 Å². The first-order valence-corrected chi connectivity index (χ1v) is 6.86. The lowest BCUT2D eigenvalue weighted by Gasteiger charge is -2.05. The Kier molecular flexibility index (Phi) is 5.20. The zero-order chi connectivity index (χ0) is 13.6. The summed E-state index contributed by atoms with van der Waals surface area (Å²) in [6, 6.07) is 6.19. The van der Waals surface area contributed by atoms with Crippen molar-refractivity contribution in [2.24, 2.45) is 0 Å². The molecule has 1 rings (SSSR count). The minimum absolute atomic E-state index is 0.0264. The van der Waals surface area contributed by atoms with Gasteiger partial charge >= 0.3 is 0 Å². The van der Waals surface area contributed by atoms with Gasteiger partial charge in [-0.2, -0.15) is 8.42 Å². The Hall–Kier alpha value is -1.51. The number of rotatable bonds is 7. The molecule has 0 fully saturated rings. The summed E-state index contributed by atoms with van der Waals surface area (Å²) in [4.78, 5) is 10.2. The fraction of sp³-hybridized carbons (Fsp3) is 0.400. The molecule has 18 heavy (non-hydrogen) atoms. The number of para-hydroxylation sites is 1. The first-order chi connectivity index (χ1) is 8.40. The number of ether oxygens (including phenoxy) is 1. The lowest BCUT2D eigenvalue weighted by Crippen LogP contribution is -2.09. The molecule has 0 atom stereocenters. The van der Waals surface area contributed by atoms with Crippen molar-refractivity contribution in [3.8, 4) is 0 Å². The molecule has 100 valence electrons. The van der Waals surface area contributed by atoms with Crippen molar-refractivity contribution < 1.29 is 22.3 Å². The molecule has 0 heterocycles. The fourth-order valence-corrected chi connectivity index (χ4v) is 1.61. The van der Waals surface area contributed by atoms with E-state index in [1.807, 2.05) is 0 Å². The number of hydrogen-bond acceptors (Lipinski definition) is 6. The van der Waals surface area contributed by atoms with Gasteiger partial charge in [-0.1, -0.05) is 12.1 Å². The lowest BCUT2D eigenvalue weighted by molar-refractivity contribution is -0.386. The van der Waals surface area contributed by atoms with Gasteiger partial charge in [-0.15, -0.1) is 0 Å². The van der Waals surface area contributed by atoms with Gasteiger partial charge in [0.1, 0.15) is 0 Å². The number of nitro benzene ring substituents is 1. The third-order valence-corrected chi connectivity index (χ3v) is 2.57. The van der Waals surface area contributed by atoms with Crippen LogP contribution in [0.4, 0.5) is 5.69 Å². The van der Waals surface area contributed by atoms with Gasteiger partial charge in [-0.25, -0.2) is 0 Å². The normalized spacial score (nSPS) is 11.4. The maximum atomic E-state index is 10.7. The quantitative estimate of drug-likeness (QED) is 0.320. The second kappa shape index (κ2) is 6.43. The Morgan fingerprint density at radius 2 is 1.94 bits per heavy atom. The van der Waals surface area contributed by atoms with E-state index in [-0.39, 0.29) is 25.5 Å². The topological polar surface area (TPSA) is 95.7 Å².